The van der Waals surface area contributed by atoms with Gasteiger partial charge in [0, 0.05) is 19.1 Å². The maximum Gasteiger partial charge on any atom is 0.338 e. The zero-order chi connectivity index (χ0) is 18.1. The molecule has 1 aliphatic heterocycles. The summed E-state index contributed by atoms with van der Waals surface area (Å²) < 4.78 is 26.8. The van der Waals surface area contributed by atoms with Crippen LogP contribution in [-0.4, -0.2) is 51.4 Å². The van der Waals surface area contributed by atoms with Gasteiger partial charge in [0.1, 0.15) is 36.3 Å². The van der Waals surface area contributed by atoms with E-state index in [1.807, 2.05) is 6.07 Å². The Bertz CT molecular complexity index is 710. The highest BCUT2D eigenvalue weighted by atomic mass is 16.7. The van der Waals surface area contributed by atoms with Crippen LogP contribution in [0.3, 0.4) is 0 Å². The first-order valence-corrected chi connectivity index (χ1v) is 8.01. The van der Waals surface area contributed by atoms with Crippen molar-refractivity contribution in [3.05, 3.63) is 28.8 Å². The molecule has 1 fully saturated rings. The van der Waals surface area contributed by atoms with Gasteiger partial charge in [0.15, 0.2) is 0 Å². The zero-order valence-electron chi connectivity index (χ0n) is 14.7. The van der Waals surface area contributed by atoms with Crippen LogP contribution in [0.5, 0.6) is 11.5 Å². The van der Waals surface area contributed by atoms with Gasteiger partial charge in [-0.2, -0.15) is 0 Å². The minimum Gasteiger partial charge on any atom is -0.507 e. The Hall–Kier alpha value is -2.25. The van der Waals surface area contributed by atoms with E-state index >= 15 is 0 Å². The van der Waals surface area contributed by atoms with Gasteiger partial charge in [-0.1, -0.05) is 0 Å². The number of carbonyl (C=O) groups is 1. The predicted molar refractivity (Wildman–Crippen MR) is 88.6 cm³/mol. The molecular formula is C18H22O7. The quantitative estimate of drug-likeness (QED) is 0.643. The van der Waals surface area contributed by atoms with E-state index in [1.165, 1.54) is 14.2 Å². The van der Waals surface area contributed by atoms with Crippen molar-refractivity contribution in [2.24, 2.45) is 5.92 Å². The fourth-order valence-corrected chi connectivity index (χ4v) is 3.56. The summed E-state index contributed by atoms with van der Waals surface area (Å²) in [5, 5.41) is 10.8. The number of methoxy groups -OCH3 is 3. The molecule has 0 spiro atoms. The van der Waals surface area contributed by atoms with Crippen molar-refractivity contribution in [2.45, 2.75) is 25.6 Å². The van der Waals surface area contributed by atoms with E-state index in [4.69, 9.17) is 23.7 Å². The number of hydrogen-bond acceptors (Lipinski definition) is 7. The summed E-state index contributed by atoms with van der Waals surface area (Å²) >= 11 is 0. The minimum atomic E-state index is -0.532. The number of fused-ring (bicyclic) bond motifs is 2. The third-order valence-corrected chi connectivity index (χ3v) is 4.67. The minimum absolute atomic E-state index is 0.0748. The van der Waals surface area contributed by atoms with Gasteiger partial charge in [-0.15, -0.1) is 0 Å². The molecule has 3 atom stereocenters. The number of esters is 1. The average molecular weight is 350 g/mol. The van der Waals surface area contributed by atoms with Crippen LogP contribution in [0.1, 0.15) is 18.1 Å². The highest BCUT2D eigenvalue weighted by Gasteiger charge is 2.46. The Morgan fingerprint density at radius 1 is 1.24 bits per heavy atom. The van der Waals surface area contributed by atoms with Crippen LogP contribution in [0.4, 0.5) is 0 Å². The van der Waals surface area contributed by atoms with Crippen molar-refractivity contribution >= 4 is 11.7 Å². The summed E-state index contributed by atoms with van der Waals surface area (Å²) in [6.45, 7) is 1.85. The molecule has 7 nitrogen and oxygen atoms in total. The second-order valence-electron chi connectivity index (χ2n) is 6.08. The molecule has 0 amide bonds. The monoisotopic (exact) mass is 350 g/mol. The third-order valence-electron chi connectivity index (χ3n) is 4.67. The van der Waals surface area contributed by atoms with Crippen LogP contribution < -0.4 is 9.47 Å². The lowest BCUT2D eigenvalue weighted by molar-refractivity contribution is -0.176. The normalized spacial score (nSPS) is 25.1. The molecule has 0 unspecified atom stereocenters. The van der Waals surface area contributed by atoms with Crippen molar-refractivity contribution < 1.29 is 33.6 Å². The van der Waals surface area contributed by atoms with E-state index in [9.17, 15) is 9.90 Å². The number of cyclic esters (lactones) is 1. The highest BCUT2D eigenvalue weighted by Crippen LogP contribution is 2.45. The van der Waals surface area contributed by atoms with Gasteiger partial charge < -0.3 is 28.8 Å². The molecule has 1 aliphatic carbocycles. The molecule has 3 rings (SSSR count). The average Bonchev–Trinajstić information content (AvgIpc) is 2.60. The molecule has 0 radical (unpaired) electrons. The molecule has 1 saturated heterocycles. The summed E-state index contributed by atoms with van der Waals surface area (Å²) in [5.41, 5.74) is 1.54. The second kappa shape index (κ2) is 6.93. The number of aliphatic hydroxyl groups excluding tert-OH is 1. The first-order chi connectivity index (χ1) is 12.0. The van der Waals surface area contributed by atoms with Gasteiger partial charge in [0.2, 0.25) is 0 Å². The van der Waals surface area contributed by atoms with Crippen LogP contribution in [0.25, 0.3) is 5.76 Å². The lowest BCUT2D eigenvalue weighted by atomic mass is 9.76. The van der Waals surface area contributed by atoms with E-state index in [1.54, 1.807) is 20.1 Å². The van der Waals surface area contributed by atoms with Gasteiger partial charge in [0.05, 0.1) is 25.4 Å². The standard InChI is InChI=1S/C18H22O7/c1-9-17(24-8-21-2)12-6-10-5-11(22-3)7-13(23-4)14(10)16(19)15(12)18(20)25-9/h5,7,9,12,17,19H,6,8H2,1-4H3/t9-,12+,17+/m0/s1. The zero-order valence-corrected chi connectivity index (χ0v) is 14.7. The lowest BCUT2D eigenvalue weighted by Gasteiger charge is -2.39. The molecule has 1 N–H and O–H groups in total. The lowest BCUT2D eigenvalue weighted by Crippen LogP contribution is -2.47. The van der Waals surface area contributed by atoms with E-state index < -0.39 is 18.2 Å². The molecule has 1 aromatic rings. The summed E-state index contributed by atoms with van der Waals surface area (Å²) in [6.07, 6.45) is -0.366. The molecule has 0 aromatic heterocycles. The van der Waals surface area contributed by atoms with Crippen LogP contribution in [0.2, 0.25) is 0 Å². The fourth-order valence-electron chi connectivity index (χ4n) is 3.56. The Morgan fingerprint density at radius 2 is 2.00 bits per heavy atom. The van der Waals surface area contributed by atoms with E-state index in [0.717, 1.165) is 5.56 Å². The number of carbonyl (C=O) groups excluding carboxylic acids is 1. The van der Waals surface area contributed by atoms with E-state index in [2.05, 4.69) is 0 Å². The molecule has 136 valence electrons. The smallest absolute Gasteiger partial charge is 0.338 e. The van der Waals surface area contributed by atoms with Crippen LogP contribution in [-0.2, 0) is 25.4 Å². The van der Waals surface area contributed by atoms with Crippen LogP contribution >= 0.6 is 0 Å². The number of rotatable bonds is 5. The van der Waals surface area contributed by atoms with Gasteiger partial charge in [-0.3, -0.25) is 0 Å². The Balaban J connectivity index is 2.11. The summed E-state index contributed by atoms with van der Waals surface area (Å²) in [5.74, 6) is 0.0615. The van der Waals surface area contributed by atoms with Crippen molar-refractivity contribution in [1.29, 1.82) is 0 Å². The number of hydrogen-bond donors (Lipinski definition) is 1. The fraction of sp³-hybridized carbons (Fsp3) is 0.500. The molecule has 2 aliphatic rings. The molecule has 0 saturated carbocycles. The van der Waals surface area contributed by atoms with Crippen molar-refractivity contribution in [3.63, 3.8) is 0 Å². The second-order valence-corrected chi connectivity index (χ2v) is 6.08. The molecule has 0 bridgehead atoms. The SMILES string of the molecule is COCO[C@@H]1[C@H](C)OC(=O)C2=C(O)c3c(cc(OC)cc3OC)C[C@H]21. The molecule has 1 aromatic carbocycles. The highest BCUT2D eigenvalue weighted by molar-refractivity contribution is 5.99. The first kappa shape index (κ1) is 17.6. The van der Waals surface area contributed by atoms with Crippen molar-refractivity contribution in [2.75, 3.05) is 28.1 Å². The van der Waals surface area contributed by atoms with E-state index in [-0.39, 0.29) is 24.0 Å². The summed E-state index contributed by atoms with van der Waals surface area (Å²) in [7, 11) is 4.60. The van der Waals surface area contributed by atoms with Gasteiger partial charge in [-0.05, 0) is 25.0 Å². The summed E-state index contributed by atoms with van der Waals surface area (Å²) in [6, 6.07) is 3.51. The van der Waals surface area contributed by atoms with Gasteiger partial charge in [0.25, 0.3) is 0 Å². The van der Waals surface area contributed by atoms with E-state index in [0.29, 0.717) is 23.5 Å². The van der Waals surface area contributed by atoms with Crippen molar-refractivity contribution in [1.82, 2.24) is 0 Å². The molecule has 7 heteroatoms. The number of ether oxygens (including phenoxy) is 5. The van der Waals surface area contributed by atoms with Crippen LogP contribution in [0, 0.1) is 5.92 Å². The number of benzene rings is 1. The Labute approximate surface area is 146 Å². The maximum absolute atomic E-state index is 12.4. The predicted octanol–water partition coefficient (Wildman–Crippen LogP) is 2.08. The third kappa shape index (κ3) is 2.94. The molecular weight excluding hydrogens is 328 g/mol. The van der Waals surface area contributed by atoms with Gasteiger partial charge >= 0.3 is 5.97 Å². The van der Waals surface area contributed by atoms with Crippen LogP contribution in [0.15, 0.2) is 17.7 Å². The topological polar surface area (TPSA) is 83.5 Å². The first-order valence-electron chi connectivity index (χ1n) is 8.01. The largest absolute Gasteiger partial charge is 0.507 e. The van der Waals surface area contributed by atoms with Gasteiger partial charge in [-0.25, -0.2) is 4.79 Å². The Kier molecular flexibility index (Phi) is 4.87. The summed E-state index contributed by atoms with van der Waals surface area (Å²) in [4.78, 5) is 12.4. The molecule has 1 heterocycles. The number of aliphatic hydroxyl groups is 1. The molecule has 25 heavy (non-hydrogen) atoms. The maximum atomic E-state index is 12.4. The van der Waals surface area contributed by atoms with Crippen molar-refractivity contribution in [3.8, 4) is 11.5 Å². The Morgan fingerprint density at radius 3 is 2.64 bits per heavy atom.